The summed E-state index contributed by atoms with van der Waals surface area (Å²) < 4.78 is 46.8. The van der Waals surface area contributed by atoms with Crippen LogP contribution in [-0.2, 0) is 16.6 Å². The minimum atomic E-state index is -3.87. The highest BCUT2D eigenvalue weighted by molar-refractivity contribution is 7.92. The van der Waals surface area contributed by atoms with Crippen molar-refractivity contribution in [2.45, 2.75) is 11.4 Å². The van der Waals surface area contributed by atoms with Gasteiger partial charge in [-0.3, -0.25) is 9.52 Å². The van der Waals surface area contributed by atoms with Crippen LogP contribution in [0.4, 0.5) is 10.1 Å². The third kappa shape index (κ3) is 4.77. The van der Waals surface area contributed by atoms with Crippen LogP contribution in [0.3, 0.4) is 0 Å². The molecule has 0 atom stereocenters. The van der Waals surface area contributed by atoms with Crippen LogP contribution in [0.2, 0.25) is 0 Å². The molecule has 30 heavy (non-hydrogen) atoms. The van der Waals surface area contributed by atoms with Gasteiger partial charge in [0.15, 0.2) is 0 Å². The van der Waals surface area contributed by atoms with Gasteiger partial charge in [-0.1, -0.05) is 30.3 Å². The number of para-hydroxylation sites is 2. The molecule has 3 aromatic carbocycles. The van der Waals surface area contributed by atoms with Gasteiger partial charge in [0, 0.05) is 24.7 Å². The van der Waals surface area contributed by atoms with E-state index >= 15 is 0 Å². The van der Waals surface area contributed by atoms with Gasteiger partial charge in [0.25, 0.3) is 15.9 Å². The van der Waals surface area contributed by atoms with E-state index in [-0.39, 0.29) is 23.2 Å². The summed E-state index contributed by atoms with van der Waals surface area (Å²) in [4.78, 5) is 14.0. The van der Waals surface area contributed by atoms with Crippen molar-refractivity contribution in [2.75, 3.05) is 18.9 Å². The number of benzene rings is 3. The molecular weight excluding hydrogens is 407 g/mol. The maximum Gasteiger partial charge on any atom is 0.262 e. The minimum absolute atomic E-state index is 0.00159. The molecule has 3 rings (SSSR count). The number of anilines is 1. The van der Waals surface area contributed by atoms with Gasteiger partial charge in [-0.05, 0) is 42.5 Å². The smallest absolute Gasteiger partial charge is 0.262 e. The quantitative estimate of drug-likeness (QED) is 0.619. The van der Waals surface area contributed by atoms with Gasteiger partial charge in [0.2, 0.25) is 0 Å². The van der Waals surface area contributed by atoms with Crippen LogP contribution in [0.1, 0.15) is 15.9 Å². The molecule has 0 bridgehead atoms. The molecule has 0 fully saturated rings. The monoisotopic (exact) mass is 428 g/mol. The molecule has 0 saturated heterocycles. The van der Waals surface area contributed by atoms with E-state index in [1.165, 1.54) is 42.3 Å². The number of ether oxygens (including phenoxy) is 1. The van der Waals surface area contributed by atoms with Crippen molar-refractivity contribution in [1.29, 1.82) is 0 Å². The van der Waals surface area contributed by atoms with E-state index in [0.717, 1.165) is 0 Å². The Kier molecular flexibility index (Phi) is 6.37. The Hall–Kier alpha value is -3.39. The summed E-state index contributed by atoms with van der Waals surface area (Å²) in [6, 6.07) is 18.4. The number of sulfonamides is 1. The predicted octanol–water partition coefficient (Wildman–Crippen LogP) is 3.91. The molecule has 6 nitrogen and oxygen atoms in total. The van der Waals surface area contributed by atoms with Gasteiger partial charge in [-0.15, -0.1) is 0 Å². The van der Waals surface area contributed by atoms with Crippen LogP contribution >= 0.6 is 0 Å². The van der Waals surface area contributed by atoms with Crippen molar-refractivity contribution in [3.63, 3.8) is 0 Å². The maximum atomic E-state index is 13.8. The normalized spacial score (nSPS) is 11.0. The lowest BCUT2D eigenvalue weighted by Crippen LogP contribution is -2.26. The van der Waals surface area contributed by atoms with E-state index in [9.17, 15) is 17.6 Å². The van der Waals surface area contributed by atoms with Gasteiger partial charge < -0.3 is 9.64 Å². The highest BCUT2D eigenvalue weighted by atomic mass is 32.2. The summed E-state index contributed by atoms with van der Waals surface area (Å²) in [7, 11) is -0.859. The second-order valence-corrected chi connectivity index (χ2v) is 8.27. The van der Waals surface area contributed by atoms with E-state index in [1.807, 2.05) is 0 Å². The van der Waals surface area contributed by atoms with Gasteiger partial charge in [0.05, 0.1) is 17.7 Å². The second kappa shape index (κ2) is 8.96. The molecule has 0 heterocycles. The topological polar surface area (TPSA) is 75.7 Å². The van der Waals surface area contributed by atoms with Crippen molar-refractivity contribution < 1.29 is 22.3 Å². The molecule has 0 aromatic heterocycles. The minimum Gasteiger partial charge on any atom is -0.495 e. The Morgan fingerprint density at radius 1 is 1.00 bits per heavy atom. The summed E-state index contributed by atoms with van der Waals surface area (Å²) in [5, 5.41) is 0. The second-order valence-electron chi connectivity index (χ2n) is 6.58. The molecule has 156 valence electrons. The third-order valence-electron chi connectivity index (χ3n) is 4.47. The molecule has 8 heteroatoms. The number of nitrogens with one attached hydrogen (secondary N) is 1. The lowest BCUT2D eigenvalue weighted by atomic mass is 10.1. The largest absolute Gasteiger partial charge is 0.495 e. The first-order valence-corrected chi connectivity index (χ1v) is 10.5. The van der Waals surface area contributed by atoms with E-state index in [2.05, 4.69) is 4.72 Å². The van der Waals surface area contributed by atoms with Crippen LogP contribution < -0.4 is 9.46 Å². The number of methoxy groups -OCH3 is 1. The van der Waals surface area contributed by atoms with E-state index < -0.39 is 10.0 Å². The van der Waals surface area contributed by atoms with Crippen molar-refractivity contribution in [1.82, 2.24) is 4.90 Å². The molecule has 1 N–H and O–H groups in total. The number of nitrogens with zero attached hydrogens (tertiary/aromatic N) is 1. The van der Waals surface area contributed by atoms with E-state index in [1.54, 1.807) is 49.5 Å². The highest BCUT2D eigenvalue weighted by Gasteiger charge is 2.18. The fourth-order valence-electron chi connectivity index (χ4n) is 2.88. The van der Waals surface area contributed by atoms with Crippen LogP contribution in [0.25, 0.3) is 0 Å². The number of carbonyl (C=O) groups excluding carboxylic acids is 1. The Labute approximate surface area is 175 Å². The molecule has 3 aromatic rings. The van der Waals surface area contributed by atoms with Gasteiger partial charge >= 0.3 is 0 Å². The lowest BCUT2D eigenvalue weighted by Gasteiger charge is -2.18. The van der Waals surface area contributed by atoms with Gasteiger partial charge in [-0.25, -0.2) is 12.8 Å². The van der Waals surface area contributed by atoms with Crippen LogP contribution in [0, 0.1) is 5.82 Å². The Balaban J connectivity index is 1.75. The summed E-state index contributed by atoms with van der Waals surface area (Å²) >= 11 is 0. The van der Waals surface area contributed by atoms with Crippen LogP contribution in [0.5, 0.6) is 5.75 Å². The molecule has 0 spiro atoms. The fraction of sp³-hybridized carbons (Fsp3) is 0.136. The van der Waals surface area contributed by atoms with Gasteiger partial charge in [-0.2, -0.15) is 0 Å². The van der Waals surface area contributed by atoms with Gasteiger partial charge in [0.1, 0.15) is 11.6 Å². The molecule has 0 aliphatic rings. The number of amides is 1. The highest BCUT2D eigenvalue weighted by Crippen LogP contribution is 2.26. The first-order valence-electron chi connectivity index (χ1n) is 9.06. The number of hydrogen-bond donors (Lipinski definition) is 1. The summed E-state index contributed by atoms with van der Waals surface area (Å²) in [5.74, 6) is -0.344. The molecule has 0 saturated carbocycles. The van der Waals surface area contributed by atoms with Crippen LogP contribution in [0.15, 0.2) is 77.7 Å². The Morgan fingerprint density at radius 3 is 2.30 bits per heavy atom. The molecule has 0 unspecified atom stereocenters. The molecule has 1 amide bonds. The van der Waals surface area contributed by atoms with Crippen molar-refractivity contribution in [3.8, 4) is 5.75 Å². The molecule has 0 radical (unpaired) electrons. The summed E-state index contributed by atoms with van der Waals surface area (Å²) in [6.45, 7) is 0.0981. The van der Waals surface area contributed by atoms with Crippen molar-refractivity contribution in [2.24, 2.45) is 0 Å². The summed E-state index contributed by atoms with van der Waals surface area (Å²) in [5.41, 5.74) is 1.00. The Bertz CT molecular complexity index is 1150. The first-order chi connectivity index (χ1) is 14.3. The zero-order valence-electron chi connectivity index (χ0n) is 16.5. The third-order valence-corrected chi connectivity index (χ3v) is 5.86. The zero-order chi connectivity index (χ0) is 21.7. The van der Waals surface area contributed by atoms with E-state index in [4.69, 9.17) is 4.74 Å². The lowest BCUT2D eigenvalue weighted by molar-refractivity contribution is 0.0783. The number of hydrogen-bond acceptors (Lipinski definition) is 4. The first kappa shape index (κ1) is 21.3. The Morgan fingerprint density at radius 2 is 1.63 bits per heavy atom. The predicted molar refractivity (Wildman–Crippen MR) is 112 cm³/mol. The van der Waals surface area contributed by atoms with Crippen molar-refractivity contribution >= 4 is 21.6 Å². The SMILES string of the molecule is COc1ccccc1NS(=O)(=O)c1ccc(C(=O)N(C)Cc2ccccc2F)cc1. The fourth-order valence-corrected chi connectivity index (χ4v) is 3.95. The zero-order valence-corrected chi connectivity index (χ0v) is 17.3. The average Bonchev–Trinajstić information content (AvgIpc) is 2.75. The molecular formula is C22H21FN2O4S. The van der Waals surface area contributed by atoms with E-state index in [0.29, 0.717) is 22.6 Å². The molecule has 0 aliphatic heterocycles. The number of halogens is 1. The average molecular weight is 428 g/mol. The standard InChI is InChI=1S/C22H21FN2O4S/c1-25(15-17-7-3-4-8-19(17)23)22(26)16-11-13-18(14-12-16)30(27,28)24-20-9-5-6-10-21(20)29-2/h3-14,24H,15H2,1-2H3. The molecule has 0 aliphatic carbocycles. The number of rotatable bonds is 7. The van der Waals surface area contributed by atoms with Crippen molar-refractivity contribution in [3.05, 3.63) is 89.7 Å². The number of carbonyl (C=O) groups is 1. The van der Waals surface area contributed by atoms with Crippen LogP contribution in [-0.4, -0.2) is 33.4 Å². The maximum absolute atomic E-state index is 13.8. The summed E-state index contributed by atoms with van der Waals surface area (Å²) in [6.07, 6.45) is 0.